The van der Waals surface area contributed by atoms with Gasteiger partial charge in [-0.2, -0.15) is 0 Å². The molecular weight excluding hydrogens is 218 g/mol. The van der Waals surface area contributed by atoms with Crippen LogP contribution >= 0.6 is 0 Å². The van der Waals surface area contributed by atoms with Crippen molar-refractivity contribution in [1.82, 2.24) is 4.90 Å². The first-order chi connectivity index (χ1) is 8.02. The third-order valence-corrected chi connectivity index (χ3v) is 3.13. The predicted molar refractivity (Wildman–Crippen MR) is 64.3 cm³/mol. The summed E-state index contributed by atoms with van der Waals surface area (Å²) in [5, 5.41) is 0. The number of carbonyl (C=O) groups excluding carboxylic acids is 3. The van der Waals surface area contributed by atoms with Gasteiger partial charge in [0.1, 0.15) is 5.78 Å². The molecule has 96 valence electrons. The van der Waals surface area contributed by atoms with Crippen LogP contribution in [0.3, 0.4) is 0 Å². The lowest BCUT2D eigenvalue weighted by atomic mass is 10.1. The Balaban J connectivity index is 2.12. The van der Waals surface area contributed by atoms with E-state index < -0.39 is 0 Å². The molecule has 0 N–H and O–H groups in total. The van der Waals surface area contributed by atoms with E-state index in [9.17, 15) is 14.4 Å². The highest BCUT2D eigenvalue weighted by atomic mass is 16.2. The van der Waals surface area contributed by atoms with Crippen LogP contribution < -0.4 is 0 Å². The highest BCUT2D eigenvalue weighted by molar-refractivity contribution is 6.03. The van der Waals surface area contributed by atoms with E-state index in [-0.39, 0.29) is 23.5 Å². The van der Waals surface area contributed by atoms with Crippen LogP contribution in [0, 0.1) is 5.92 Å². The highest BCUT2D eigenvalue weighted by Gasteiger charge is 2.34. The van der Waals surface area contributed by atoms with E-state index >= 15 is 0 Å². The number of amides is 2. The predicted octanol–water partition coefficient (Wildman–Crippen LogP) is 1.92. The molecule has 1 heterocycles. The lowest BCUT2D eigenvalue weighted by molar-refractivity contribution is -0.139. The topological polar surface area (TPSA) is 54.5 Å². The van der Waals surface area contributed by atoms with E-state index in [1.165, 1.54) is 4.90 Å². The molecule has 1 atom stereocenters. The highest BCUT2D eigenvalue weighted by Crippen LogP contribution is 2.19. The maximum absolute atomic E-state index is 11.6. The zero-order chi connectivity index (χ0) is 12.8. The molecule has 1 saturated heterocycles. The van der Waals surface area contributed by atoms with Crippen molar-refractivity contribution in [3.05, 3.63) is 0 Å². The van der Waals surface area contributed by atoms with E-state index in [2.05, 4.69) is 0 Å². The fourth-order valence-electron chi connectivity index (χ4n) is 2.08. The van der Waals surface area contributed by atoms with Crippen LogP contribution in [0.4, 0.5) is 0 Å². The fourth-order valence-corrected chi connectivity index (χ4v) is 2.08. The first kappa shape index (κ1) is 13.9. The van der Waals surface area contributed by atoms with Gasteiger partial charge in [-0.05, 0) is 19.8 Å². The second-order valence-corrected chi connectivity index (χ2v) is 4.86. The Labute approximate surface area is 102 Å². The number of carbonyl (C=O) groups is 3. The fraction of sp³-hybridized carbons (Fsp3) is 0.769. The van der Waals surface area contributed by atoms with E-state index in [0.29, 0.717) is 19.4 Å². The average Bonchev–Trinajstić information content (AvgIpc) is 2.48. The molecule has 1 aliphatic heterocycles. The van der Waals surface area contributed by atoms with Crippen molar-refractivity contribution in [3.63, 3.8) is 0 Å². The van der Waals surface area contributed by atoms with Crippen molar-refractivity contribution in [2.45, 2.75) is 52.4 Å². The Bertz CT molecular complexity index is 312. The summed E-state index contributed by atoms with van der Waals surface area (Å²) in [4.78, 5) is 35.1. The number of hydrogen-bond acceptors (Lipinski definition) is 3. The number of hydrogen-bond donors (Lipinski definition) is 0. The summed E-state index contributed by atoms with van der Waals surface area (Å²) in [6.45, 7) is 3.94. The zero-order valence-corrected chi connectivity index (χ0v) is 10.7. The summed E-state index contributed by atoms with van der Waals surface area (Å²) >= 11 is 0. The molecule has 0 aromatic heterocycles. The number of rotatable bonds is 7. The number of unbranched alkanes of at least 4 members (excludes halogenated alkanes) is 3. The van der Waals surface area contributed by atoms with Gasteiger partial charge in [0, 0.05) is 25.3 Å². The van der Waals surface area contributed by atoms with Crippen LogP contribution in [-0.4, -0.2) is 29.0 Å². The minimum atomic E-state index is -0.139. The normalized spacial score (nSPS) is 20.1. The van der Waals surface area contributed by atoms with Gasteiger partial charge < -0.3 is 4.79 Å². The third-order valence-electron chi connectivity index (χ3n) is 3.13. The van der Waals surface area contributed by atoms with Crippen LogP contribution in [-0.2, 0) is 14.4 Å². The van der Waals surface area contributed by atoms with Crippen molar-refractivity contribution in [2.75, 3.05) is 6.54 Å². The van der Waals surface area contributed by atoms with Crippen LogP contribution in [0.2, 0.25) is 0 Å². The van der Waals surface area contributed by atoms with Crippen LogP contribution in [0.25, 0.3) is 0 Å². The van der Waals surface area contributed by atoms with Crippen molar-refractivity contribution in [1.29, 1.82) is 0 Å². The van der Waals surface area contributed by atoms with Crippen molar-refractivity contribution in [2.24, 2.45) is 5.92 Å². The first-order valence-corrected chi connectivity index (χ1v) is 6.36. The molecule has 0 aromatic carbocycles. The Hall–Kier alpha value is -1.19. The summed E-state index contributed by atoms with van der Waals surface area (Å²) in [5.74, 6) is 0.0221. The van der Waals surface area contributed by atoms with Gasteiger partial charge >= 0.3 is 0 Å². The minimum absolute atomic E-state index is 0.0289. The van der Waals surface area contributed by atoms with Crippen molar-refractivity contribution >= 4 is 17.6 Å². The molecular formula is C13H21NO3. The van der Waals surface area contributed by atoms with Crippen LogP contribution in [0.15, 0.2) is 0 Å². The second-order valence-electron chi connectivity index (χ2n) is 4.86. The first-order valence-electron chi connectivity index (χ1n) is 6.36. The van der Waals surface area contributed by atoms with Gasteiger partial charge in [0.25, 0.3) is 0 Å². The molecule has 0 radical (unpaired) electrons. The number of ketones is 1. The maximum Gasteiger partial charge on any atom is 0.232 e. The molecule has 0 aromatic rings. The molecule has 2 amide bonds. The van der Waals surface area contributed by atoms with Gasteiger partial charge in [0.05, 0.1) is 0 Å². The molecule has 1 unspecified atom stereocenters. The lowest BCUT2D eigenvalue weighted by Gasteiger charge is -2.13. The van der Waals surface area contributed by atoms with Gasteiger partial charge in [-0.3, -0.25) is 14.5 Å². The van der Waals surface area contributed by atoms with Gasteiger partial charge in [-0.15, -0.1) is 0 Å². The van der Waals surface area contributed by atoms with Gasteiger partial charge in [0.2, 0.25) is 11.8 Å². The Kier molecular flexibility index (Phi) is 5.32. The number of imide groups is 1. The summed E-state index contributed by atoms with van der Waals surface area (Å²) in [5.41, 5.74) is 0. The van der Waals surface area contributed by atoms with Gasteiger partial charge in [-0.1, -0.05) is 19.8 Å². The maximum atomic E-state index is 11.6. The molecule has 1 rings (SSSR count). The molecule has 4 heteroatoms. The van der Waals surface area contributed by atoms with Gasteiger partial charge in [-0.25, -0.2) is 0 Å². The Morgan fingerprint density at radius 1 is 1.24 bits per heavy atom. The molecule has 0 saturated carbocycles. The van der Waals surface area contributed by atoms with Crippen LogP contribution in [0.5, 0.6) is 0 Å². The Morgan fingerprint density at radius 3 is 2.41 bits per heavy atom. The van der Waals surface area contributed by atoms with Crippen molar-refractivity contribution < 1.29 is 14.4 Å². The van der Waals surface area contributed by atoms with E-state index in [4.69, 9.17) is 0 Å². The van der Waals surface area contributed by atoms with E-state index in [1.807, 2.05) is 0 Å². The molecule has 17 heavy (non-hydrogen) atoms. The molecule has 1 fully saturated rings. The quantitative estimate of drug-likeness (QED) is 0.504. The molecule has 1 aliphatic rings. The number of Topliss-reactive ketones (excluding diaryl/α,β-unsaturated/α-hetero) is 1. The smallest absolute Gasteiger partial charge is 0.232 e. The summed E-state index contributed by atoms with van der Waals surface area (Å²) < 4.78 is 0. The molecule has 0 aliphatic carbocycles. The third kappa shape index (κ3) is 4.29. The summed E-state index contributed by atoms with van der Waals surface area (Å²) in [7, 11) is 0. The lowest BCUT2D eigenvalue weighted by Crippen LogP contribution is -2.31. The summed E-state index contributed by atoms with van der Waals surface area (Å²) in [6, 6.07) is 0. The van der Waals surface area contributed by atoms with Gasteiger partial charge in [0.15, 0.2) is 0 Å². The second kappa shape index (κ2) is 6.52. The molecule has 0 bridgehead atoms. The largest absolute Gasteiger partial charge is 0.300 e. The van der Waals surface area contributed by atoms with Crippen LogP contribution in [0.1, 0.15) is 52.4 Å². The standard InChI is InChI=1S/C13H21NO3/c1-10-9-12(16)14(13(10)17)8-6-4-3-5-7-11(2)15/h10H,3-9H2,1-2H3. The SMILES string of the molecule is CC(=O)CCCCCCN1C(=O)CC(C)C1=O. The Morgan fingerprint density at radius 2 is 1.88 bits per heavy atom. The monoisotopic (exact) mass is 239 g/mol. The zero-order valence-electron chi connectivity index (χ0n) is 10.7. The molecule has 4 nitrogen and oxygen atoms in total. The van der Waals surface area contributed by atoms with E-state index in [0.717, 1.165) is 25.7 Å². The van der Waals surface area contributed by atoms with E-state index in [1.54, 1.807) is 13.8 Å². The average molecular weight is 239 g/mol. The minimum Gasteiger partial charge on any atom is -0.300 e. The molecule has 0 spiro atoms. The van der Waals surface area contributed by atoms with Crippen molar-refractivity contribution in [3.8, 4) is 0 Å². The summed E-state index contributed by atoms with van der Waals surface area (Å²) in [6.07, 6.45) is 4.72. The number of likely N-dealkylation sites (tertiary alicyclic amines) is 1. The number of nitrogens with zero attached hydrogens (tertiary/aromatic N) is 1.